The molecule has 0 radical (unpaired) electrons. The lowest BCUT2D eigenvalue weighted by Crippen LogP contribution is -1.93. The molecule has 0 bridgehead atoms. The first-order valence-electron chi connectivity index (χ1n) is 5.77. The van der Waals surface area contributed by atoms with Crippen LogP contribution in [0.25, 0.3) is 10.2 Å². The first-order chi connectivity index (χ1) is 8.24. The molecule has 0 spiro atoms. The molecule has 92 valence electrons. The second kappa shape index (κ2) is 6.03. The number of rotatable bonds is 5. The Kier molecular flexibility index (Phi) is 4.65. The molecule has 2 aromatic heterocycles. The van der Waals surface area contributed by atoms with Crippen LogP contribution < -0.4 is 0 Å². The van der Waals surface area contributed by atoms with Crippen LogP contribution in [0.15, 0.2) is 6.07 Å². The highest BCUT2D eigenvalue weighted by Gasteiger charge is 2.09. The maximum Gasteiger partial charge on any atom is 0.141 e. The van der Waals surface area contributed by atoms with Gasteiger partial charge in [-0.1, -0.05) is 25.4 Å². The van der Waals surface area contributed by atoms with E-state index < -0.39 is 0 Å². The van der Waals surface area contributed by atoms with Gasteiger partial charge in [-0.3, -0.25) is 0 Å². The van der Waals surface area contributed by atoms with Gasteiger partial charge in [0.2, 0.25) is 0 Å². The standard InChI is InChI=1S/C12H15ClN2S2/c1-3-5-16-7-10-14-11(13)9-6-8(4-2)17-12(9)15-10/h6H,3-5,7H2,1-2H3. The summed E-state index contributed by atoms with van der Waals surface area (Å²) in [7, 11) is 0. The van der Waals surface area contributed by atoms with Gasteiger partial charge in [0.25, 0.3) is 0 Å². The Bertz CT molecular complexity index is 510. The lowest BCUT2D eigenvalue weighted by molar-refractivity contribution is 1.06. The van der Waals surface area contributed by atoms with E-state index in [4.69, 9.17) is 11.6 Å². The minimum Gasteiger partial charge on any atom is -0.221 e. The third kappa shape index (κ3) is 3.12. The molecule has 0 saturated carbocycles. The molecule has 0 fully saturated rings. The lowest BCUT2D eigenvalue weighted by atomic mass is 10.3. The van der Waals surface area contributed by atoms with E-state index in [1.807, 2.05) is 11.8 Å². The van der Waals surface area contributed by atoms with Crippen molar-refractivity contribution in [1.82, 2.24) is 9.97 Å². The third-order valence-electron chi connectivity index (χ3n) is 2.37. The van der Waals surface area contributed by atoms with Crippen LogP contribution in [0.5, 0.6) is 0 Å². The number of nitrogens with zero attached hydrogens (tertiary/aromatic N) is 2. The van der Waals surface area contributed by atoms with Gasteiger partial charge in [0, 0.05) is 10.3 Å². The zero-order chi connectivity index (χ0) is 12.3. The van der Waals surface area contributed by atoms with Gasteiger partial charge in [-0.2, -0.15) is 11.8 Å². The Balaban J connectivity index is 2.27. The third-order valence-corrected chi connectivity index (χ3v) is 4.99. The van der Waals surface area contributed by atoms with Crippen LogP contribution in [0.1, 0.15) is 31.0 Å². The minimum absolute atomic E-state index is 0.595. The van der Waals surface area contributed by atoms with Crippen LogP contribution in [0.3, 0.4) is 0 Å². The average Bonchev–Trinajstić information content (AvgIpc) is 2.73. The van der Waals surface area contributed by atoms with Gasteiger partial charge in [0.15, 0.2) is 0 Å². The second-order valence-corrected chi connectivity index (χ2v) is 6.35. The minimum atomic E-state index is 0.595. The molecule has 0 aliphatic carbocycles. The number of aromatic nitrogens is 2. The molecule has 2 aromatic rings. The fourth-order valence-corrected chi connectivity index (χ4v) is 3.55. The summed E-state index contributed by atoms with van der Waals surface area (Å²) in [6.07, 6.45) is 2.21. The topological polar surface area (TPSA) is 25.8 Å². The number of thioether (sulfide) groups is 1. The van der Waals surface area contributed by atoms with E-state index in [0.29, 0.717) is 5.15 Å². The van der Waals surface area contributed by atoms with Crippen LogP contribution in [0.4, 0.5) is 0 Å². The summed E-state index contributed by atoms with van der Waals surface area (Å²) in [6, 6.07) is 2.10. The summed E-state index contributed by atoms with van der Waals surface area (Å²) in [5, 5.41) is 1.59. The van der Waals surface area contributed by atoms with Crippen molar-refractivity contribution in [3.63, 3.8) is 0 Å². The highest BCUT2D eigenvalue weighted by Crippen LogP contribution is 2.29. The number of hydrogen-bond donors (Lipinski definition) is 0. The second-order valence-electron chi connectivity index (χ2n) is 3.77. The highest BCUT2D eigenvalue weighted by molar-refractivity contribution is 7.98. The SMILES string of the molecule is CCCSCc1nc(Cl)c2cc(CC)sc2n1. The van der Waals surface area contributed by atoms with Crippen LogP contribution in [-0.4, -0.2) is 15.7 Å². The molecule has 2 rings (SSSR count). The molecule has 2 heterocycles. The maximum absolute atomic E-state index is 6.19. The normalized spacial score (nSPS) is 11.2. The van der Waals surface area contributed by atoms with Gasteiger partial charge in [-0.05, 0) is 24.7 Å². The molecular formula is C12H15ClN2S2. The summed E-state index contributed by atoms with van der Waals surface area (Å²) in [5.41, 5.74) is 0. The molecule has 5 heteroatoms. The van der Waals surface area contributed by atoms with E-state index in [9.17, 15) is 0 Å². The van der Waals surface area contributed by atoms with E-state index in [-0.39, 0.29) is 0 Å². The molecule has 0 aromatic carbocycles. The smallest absolute Gasteiger partial charge is 0.141 e. The van der Waals surface area contributed by atoms with Gasteiger partial charge in [0.1, 0.15) is 15.8 Å². The fourth-order valence-electron chi connectivity index (χ4n) is 1.52. The predicted molar refractivity (Wildman–Crippen MR) is 78.3 cm³/mol. The van der Waals surface area contributed by atoms with Gasteiger partial charge < -0.3 is 0 Å². The van der Waals surface area contributed by atoms with Crippen molar-refractivity contribution < 1.29 is 0 Å². The molecule has 0 saturated heterocycles. The van der Waals surface area contributed by atoms with E-state index in [1.165, 1.54) is 11.3 Å². The largest absolute Gasteiger partial charge is 0.221 e. The Morgan fingerprint density at radius 3 is 2.88 bits per heavy atom. The van der Waals surface area contributed by atoms with Crippen LogP contribution >= 0.6 is 34.7 Å². The molecule has 2 nitrogen and oxygen atoms in total. The van der Waals surface area contributed by atoms with Crippen molar-refractivity contribution in [3.8, 4) is 0 Å². The molecule has 0 N–H and O–H groups in total. The fraction of sp³-hybridized carbons (Fsp3) is 0.500. The van der Waals surface area contributed by atoms with Crippen LogP contribution in [0, 0.1) is 0 Å². The number of fused-ring (bicyclic) bond motifs is 1. The zero-order valence-electron chi connectivity index (χ0n) is 9.99. The van der Waals surface area contributed by atoms with Gasteiger partial charge in [-0.25, -0.2) is 9.97 Å². The monoisotopic (exact) mass is 286 g/mol. The van der Waals surface area contributed by atoms with Crippen LogP contribution in [0.2, 0.25) is 5.15 Å². The summed E-state index contributed by atoms with van der Waals surface area (Å²) in [6.45, 7) is 4.32. The van der Waals surface area contributed by atoms with Crippen molar-refractivity contribution >= 4 is 44.9 Å². The van der Waals surface area contributed by atoms with Crippen molar-refractivity contribution in [2.75, 3.05) is 5.75 Å². The Hall–Kier alpha value is -0.320. The first-order valence-corrected chi connectivity index (χ1v) is 8.12. The highest BCUT2D eigenvalue weighted by atomic mass is 35.5. The van der Waals surface area contributed by atoms with Gasteiger partial charge in [-0.15, -0.1) is 11.3 Å². The van der Waals surface area contributed by atoms with Crippen molar-refractivity contribution in [2.24, 2.45) is 0 Å². The number of halogens is 1. The van der Waals surface area contributed by atoms with Gasteiger partial charge in [0.05, 0.1) is 5.75 Å². The molecule has 0 aliphatic rings. The molecule has 17 heavy (non-hydrogen) atoms. The molecule has 0 aliphatic heterocycles. The molecular weight excluding hydrogens is 272 g/mol. The van der Waals surface area contributed by atoms with Crippen LogP contribution in [-0.2, 0) is 12.2 Å². The lowest BCUT2D eigenvalue weighted by Gasteiger charge is -2.00. The van der Waals surface area contributed by atoms with Gasteiger partial charge >= 0.3 is 0 Å². The number of thiophene rings is 1. The number of aryl methyl sites for hydroxylation is 1. The summed E-state index contributed by atoms with van der Waals surface area (Å²) < 4.78 is 0. The van der Waals surface area contributed by atoms with Crippen molar-refractivity contribution in [2.45, 2.75) is 32.4 Å². The quantitative estimate of drug-likeness (QED) is 0.596. The van der Waals surface area contributed by atoms with E-state index >= 15 is 0 Å². The predicted octanol–water partition coefficient (Wildman–Crippen LogP) is 4.55. The van der Waals surface area contributed by atoms with E-state index in [2.05, 4.69) is 29.9 Å². The summed E-state index contributed by atoms with van der Waals surface area (Å²) >= 11 is 9.77. The average molecular weight is 287 g/mol. The Morgan fingerprint density at radius 2 is 2.18 bits per heavy atom. The van der Waals surface area contributed by atoms with E-state index in [1.54, 1.807) is 11.3 Å². The first kappa shape index (κ1) is 13.1. The molecule has 0 atom stereocenters. The number of hydrogen-bond acceptors (Lipinski definition) is 4. The van der Waals surface area contributed by atoms with E-state index in [0.717, 1.165) is 34.0 Å². The Morgan fingerprint density at radius 1 is 1.35 bits per heavy atom. The summed E-state index contributed by atoms with van der Waals surface area (Å²) in [5.74, 6) is 2.84. The summed E-state index contributed by atoms with van der Waals surface area (Å²) in [4.78, 5) is 11.3. The maximum atomic E-state index is 6.19. The van der Waals surface area contributed by atoms with Crippen molar-refractivity contribution in [1.29, 1.82) is 0 Å². The zero-order valence-corrected chi connectivity index (χ0v) is 12.4. The molecule has 0 amide bonds. The van der Waals surface area contributed by atoms with Crippen molar-refractivity contribution in [3.05, 3.63) is 21.9 Å². The molecule has 0 unspecified atom stereocenters. The Labute approximate surface area is 115 Å².